The van der Waals surface area contributed by atoms with Crippen LogP contribution < -0.4 is 10.6 Å². The maximum atomic E-state index is 14.0. The van der Waals surface area contributed by atoms with Crippen LogP contribution in [0.4, 0.5) is 10.1 Å². The van der Waals surface area contributed by atoms with Crippen molar-refractivity contribution in [3.8, 4) is 0 Å². The molecule has 3 aromatic rings. The summed E-state index contributed by atoms with van der Waals surface area (Å²) < 4.78 is 19.7. The van der Waals surface area contributed by atoms with Crippen molar-refractivity contribution in [3.63, 3.8) is 0 Å². The SMILES string of the molecule is O=C(NC1CCSc2c(F)cccc21)c1cccc(NC(=O)c2ccc(Br)o2)c1. The summed E-state index contributed by atoms with van der Waals surface area (Å²) in [6.07, 6.45) is 0.719. The van der Waals surface area contributed by atoms with E-state index in [0.717, 1.165) is 17.7 Å². The predicted molar refractivity (Wildman–Crippen MR) is 113 cm³/mol. The highest BCUT2D eigenvalue weighted by molar-refractivity contribution is 9.10. The zero-order chi connectivity index (χ0) is 20.4. The van der Waals surface area contributed by atoms with Crippen molar-refractivity contribution < 1.29 is 18.4 Å². The van der Waals surface area contributed by atoms with E-state index in [-0.39, 0.29) is 23.5 Å². The van der Waals surface area contributed by atoms with Gasteiger partial charge >= 0.3 is 0 Å². The van der Waals surface area contributed by atoms with Gasteiger partial charge in [0.25, 0.3) is 11.8 Å². The summed E-state index contributed by atoms with van der Waals surface area (Å²) in [6.45, 7) is 0. The van der Waals surface area contributed by atoms with Crippen LogP contribution in [0.3, 0.4) is 0 Å². The van der Waals surface area contributed by atoms with E-state index in [9.17, 15) is 14.0 Å². The number of thioether (sulfide) groups is 1. The average Bonchev–Trinajstić information content (AvgIpc) is 3.15. The smallest absolute Gasteiger partial charge is 0.291 e. The Kier molecular flexibility index (Phi) is 5.73. The minimum Gasteiger partial charge on any atom is -0.444 e. The Morgan fingerprint density at radius 3 is 2.72 bits per heavy atom. The highest BCUT2D eigenvalue weighted by Gasteiger charge is 2.25. The monoisotopic (exact) mass is 474 g/mol. The number of rotatable bonds is 4. The maximum Gasteiger partial charge on any atom is 0.291 e. The lowest BCUT2D eigenvalue weighted by Gasteiger charge is -2.26. The Morgan fingerprint density at radius 2 is 1.93 bits per heavy atom. The summed E-state index contributed by atoms with van der Waals surface area (Å²) in [5.74, 6) is -0.0741. The number of amides is 2. The molecular formula is C21H16BrFN2O3S. The largest absolute Gasteiger partial charge is 0.444 e. The molecule has 2 aromatic carbocycles. The molecule has 5 nitrogen and oxygen atoms in total. The quantitative estimate of drug-likeness (QED) is 0.530. The number of halogens is 2. The molecule has 0 saturated heterocycles. The molecule has 1 atom stereocenters. The topological polar surface area (TPSA) is 71.3 Å². The van der Waals surface area contributed by atoms with Crippen LogP contribution in [-0.4, -0.2) is 17.6 Å². The summed E-state index contributed by atoms with van der Waals surface area (Å²) in [7, 11) is 0. The van der Waals surface area contributed by atoms with Gasteiger partial charge in [-0.2, -0.15) is 0 Å². The number of benzene rings is 2. The van der Waals surface area contributed by atoms with Gasteiger partial charge in [-0.1, -0.05) is 18.2 Å². The second-order valence-electron chi connectivity index (χ2n) is 6.46. The second kappa shape index (κ2) is 8.42. The first kappa shape index (κ1) is 19.7. The van der Waals surface area contributed by atoms with Crippen molar-refractivity contribution in [1.82, 2.24) is 5.32 Å². The van der Waals surface area contributed by atoms with Crippen molar-refractivity contribution in [2.24, 2.45) is 0 Å². The van der Waals surface area contributed by atoms with Crippen molar-refractivity contribution in [2.45, 2.75) is 17.4 Å². The fourth-order valence-corrected chi connectivity index (χ4v) is 4.59. The van der Waals surface area contributed by atoms with Gasteiger partial charge in [-0.25, -0.2) is 4.39 Å². The molecule has 2 heterocycles. The summed E-state index contributed by atoms with van der Waals surface area (Å²) in [6, 6.07) is 14.5. The van der Waals surface area contributed by atoms with E-state index < -0.39 is 5.91 Å². The number of carbonyl (C=O) groups is 2. The first-order chi connectivity index (χ1) is 14.0. The number of fused-ring (bicyclic) bond motifs is 1. The van der Waals surface area contributed by atoms with Crippen molar-refractivity contribution in [3.05, 3.63) is 82.0 Å². The summed E-state index contributed by atoms with van der Waals surface area (Å²) in [5, 5.41) is 5.68. The fraction of sp³-hybridized carbons (Fsp3) is 0.143. The third kappa shape index (κ3) is 4.38. The molecule has 29 heavy (non-hydrogen) atoms. The van der Waals surface area contributed by atoms with Gasteiger partial charge in [0.2, 0.25) is 0 Å². The Hall–Kier alpha value is -2.58. The molecule has 2 N–H and O–H groups in total. The van der Waals surface area contributed by atoms with Gasteiger partial charge in [0, 0.05) is 21.9 Å². The van der Waals surface area contributed by atoms with Gasteiger partial charge in [-0.3, -0.25) is 9.59 Å². The Morgan fingerprint density at radius 1 is 1.10 bits per heavy atom. The fourth-order valence-electron chi connectivity index (χ4n) is 3.15. The predicted octanol–water partition coefficient (Wildman–Crippen LogP) is 5.40. The lowest BCUT2D eigenvalue weighted by atomic mass is 10.0. The van der Waals surface area contributed by atoms with Gasteiger partial charge in [0.1, 0.15) is 5.82 Å². The van der Waals surface area contributed by atoms with E-state index in [0.29, 0.717) is 20.8 Å². The number of carbonyl (C=O) groups excluding carboxylic acids is 2. The molecule has 1 unspecified atom stereocenters. The van der Waals surface area contributed by atoms with Crippen LogP contribution in [-0.2, 0) is 0 Å². The zero-order valence-corrected chi connectivity index (χ0v) is 17.5. The number of anilines is 1. The molecule has 1 aliphatic rings. The van der Waals surface area contributed by atoms with Crippen LogP contribution in [0.15, 0.2) is 68.6 Å². The molecular weight excluding hydrogens is 459 g/mol. The molecule has 1 aromatic heterocycles. The molecule has 4 rings (SSSR count). The molecule has 0 fully saturated rings. The lowest BCUT2D eigenvalue weighted by molar-refractivity contribution is 0.0933. The first-order valence-electron chi connectivity index (χ1n) is 8.90. The van der Waals surface area contributed by atoms with Gasteiger partial charge in [0.15, 0.2) is 10.4 Å². The number of hydrogen-bond acceptors (Lipinski definition) is 4. The number of furan rings is 1. The third-order valence-electron chi connectivity index (χ3n) is 4.51. The van der Waals surface area contributed by atoms with Crippen LogP contribution in [0.1, 0.15) is 38.9 Å². The summed E-state index contributed by atoms with van der Waals surface area (Å²) in [5.41, 5.74) is 1.67. The Balaban J connectivity index is 1.48. The van der Waals surface area contributed by atoms with E-state index in [4.69, 9.17) is 4.42 Å². The Labute approximate surface area is 179 Å². The van der Waals surface area contributed by atoms with E-state index >= 15 is 0 Å². The van der Waals surface area contributed by atoms with Gasteiger partial charge < -0.3 is 15.1 Å². The number of hydrogen-bond donors (Lipinski definition) is 2. The molecule has 1 aliphatic heterocycles. The van der Waals surface area contributed by atoms with Gasteiger partial charge in [0.05, 0.1) is 6.04 Å². The summed E-state index contributed by atoms with van der Waals surface area (Å²) in [4.78, 5) is 25.6. The van der Waals surface area contributed by atoms with Crippen molar-refractivity contribution >= 4 is 45.2 Å². The van der Waals surface area contributed by atoms with Crippen LogP contribution in [0.25, 0.3) is 0 Å². The van der Waals surface area contributed by atoms with Crippen LogP contribution in [0.5, 0.6) is 0 Å². The molecule has 8 heteroatoms. The molecule has 0 bridgehead atoms. The van der Waals surface area contributed by atoms with Gasteiger partial charge in [-0.05, 0) is 64.3 Å². The Bertz CT molecular complexity index is 1090. The van der Waals surface area contributed by atoms with Crippen molar-refractivity contribution in [1.29, 1.82) is 0 Å². The van der Waals surface area contributed by atoms with E-state index in [1.807, 2.05) is 6.07 Å². The standard InChI is InChI=1S/C21H16BrFN2O3S/c22-18-8-7-17(28-18)21(27)24-13-4-1-3-12(11-13)20(26)25-16-9-10-29-19-14(16)5-2-6-15(19)23/h1-8,11,16H,9-10H2,(H,24,27)(H,25,26). The maximum absolute atomic E-state index is 14.0. The molecule has 148 valence electrons. The minimum absolute atomic E-state index is 0.157. The number of nitrogens with one attached hydrogen (secondary N) is 2. The molecule has 0 aliphatic carbocycles. The zero-order valence-electron chi connectivity index (χ0n) is 15.1. The third-order valence-corrected chi connectivity index (χ3v) is 6.10. The van der Waals surface area contributed by atoms with Crippen LogP contribution in [0, 0.1) is 5.82 Å². The minimum atomic E-state index is -0.415. The second-order valence-corrected chi connectivity index (χ2v) is 8.35. The molecule has 0 radical (unpaired) electrons. The highest BCUT2D eigenvalue weighted by atomic mass is 79.9. The normalized spacial score (nSPS) is 15.4. The van der Waals surface area contributed by atoms with E-state index in [2.05, 4.69) is 26.6 Å². The van der Waals surface area contributed by atoms with Crippen LogP contribution >= 0.6 is 27.7 Å². The molecule has 0 spiro atoms. The van der Waals surface area contributed by atoms with E-state index in [1.54, 1.807) is 42.5 Å². The highest BCUT2D eigenvalue weighted by Crippen LogP contribution is 2.37. The average molecular weight is 475 g/mol. The van der Waals surface area contributed by atoms with Crippen molar-refractivity contribution in [2.75, 3.05) is 11.1 Å². The summed E-state index contributed by atoms with van der Waals surface area (Å²) >= 11 is 4.62. The lowest BCUT2D eigenvalue weighted by Crippen LogP contribution is -2.31. The van der Waals surface area contributed by atoms with E-state index in [1.165, 1.54) is 17.8 Å². The van der Waals surface area contributed by atoms with Gasteiger partial charge in [-0.15, -0.1) is 11.8 Å². The molecule has 2 amide bonds. The molecule has 0 saturated carbocycles. The van der Waals surface area contributed by atoms with Crippen LogP contribution in [0.2, 0.25) is 0 Å². The first-order valence-corrected chi connectivity index (χ1v) is 10.7.